The van der Waals surface area contributed by atoms with Crippen LogP contribution in [-0.2, 0) is 0 Å². The third-order valence-electron chi connectivity index (χ3n) is 3.12. The van der Waals surface area contributed by atoms with Crippen LogP contribution in [0.2, 0.25) is 0 Å². The lowest BCUT2D eigenvalue weighted by Crippen LogP contribution is -2.20. The van der Waals surface area contributed by atoms with Gasteiger partial charge in [0.05, 0.1) is 5.69 Å². The molecule has 1 unspecified atom stereocenters. The Morgan fingerprint density at radius 2 is 2.19 bits per heavy atom. The Morgan fingerprint density at radius 3 is 2.75 bits per heavy atom. The summed E-state index contributed by atoms with van der Waals surface area (Å²) in [7, 11) is 0. The van der Waals surface area contributed by atoms with Gasteiger partial charge in [-0.3, -0.25) is 0 Å². The van der Waals surface area contributed by atoms with E-state index in [9.17, 15) is 0 Å². The van der Waals surface area contributed by atoms with E-state index in [1.54, 1.807) is 6.07 Å². The fraction of sp³-hybridized carbons (Fsp3) is 0.583. The van der Waals surface area contributed by atoms with Crippen LogP contribution in [0.15, 0.2) is 12.1 Å². The molecule has 1 atom stereocenters. The fourth-order valence-electron chi connectivity index (χ4n) is 1.86. The Labute approximate surface area is 96.4 Å². The number of hydrogen-bond donors (Lipinski definition) is 3. The molecule has 2 rings (SSSR count). The number of nitrogens with zero attached hydrogens (tertiary/aromatic N) is 1. The molecule has 4 nitrogen and oxygen atoms in total. The predicted molar refractivity (Wildman–Crippen MR) is 68.1 cm³/mol. The molecule has 0 amide bonds. The van der Waals surface area contributed by atoms with Crippen LogP contribution in [0.25, 0.3) is 0 Å². The first kappa shape index (κ1) is 11.0. The predicted octanol–water partition coefficient (Wildman–Crippen LogP) is 2.24. The van der Waals surface area contributed by atoms with E-state index >= 15 is 0 Å². The molecule has 1 aliphatic carbocycles. The zero-order valence-electron chi connectivity index (χ0n) is 9.74. The minimum absolute atomic E-state index is 0.409. The van der Waals surface area contributed by atoms with E-state index in [-0.39, 0.29) is 0 Å². The summed E-state index contributed by atoms with van der Waals surface area (Å²) in [5.41, 5.74) is 11.8. The highest BCUT2D eigenvalue weighted by atomic mass is 15.0. The Bertz CT molecular complexity index is 360. The largest absolute Gasteiger partial charge is 0.396 e. The average Bonchev–Trinajstić information content (AvgIpc) is 3.06. The van der Waals surface area contributed by atoms with Gasteiger partial charge in [0.2, 0.25) is 0 Å². The maximum Gasteiger partial charge on any atom is 0.149 e. The van der Waals surface area contributed by atoms with Gasteiger partial charge < -0.3 is 16.8 Å². The van der Waals surface area contributed by atoms with Crippen LogP contribution >= 0.6 is 0 Å². The maximum atomic E-state index is 5.68. The lowest BCUT2D eigenvalue weighted by atomic mass is 10.1. The van der Waals surface area contributed by atoms with Crippen LogP contribution in [0.3, 0.4) is 0 Å². The van der Waals surface area contributed by atoms with Crippen molar-refractivity contribution in [2.24, 2.45) is 5.92 Å². The summed E-state index contributed by atoms with van der Waals surface area (Å²) in [5.74, 6) is 2.16. The van der Waals surface area contributed by atoms with Gasteiger partial charge in [-0.05, 0) is 30.9 Å². The summed E-state index contributed by atoms with van der Waals surface area (Å²) >= 11 is 0. The van der Waals surface area contributed by atoms with Crippen molar-refractivity contribution in [3.63, 3.8) is 0 Å². The Kier molecular flexibility index (Phi) is 3.17. The number of hydrogen-bond acceptors (Lipinski definition) is 4. The van der Waals surface area contributed by atoms with Crippen molar-refractivity contribution >= 4 is 17.3 Å². The summed E-state index contributed by atoms with van der Waals surface area (Å²) in [5, 5.41) is 3.42. The Hall–Kier alpha value is -1.45. The second kappa shape index (κ2) is 4.60. The standard InChI is InChI=1S/C12H20N4/c1-2-9(7-8-3-4-8)15-11-6-5-10(13)12(14)16-11/h5-6,8-9H,2-4,7,13H2,1H3,(H3,14,15,16). The van der Waals surface area contributed by atoms with Crippen molar-refractivity contribution in [3.05, 3.63) is 12.1 Å². The molecule has 0 aromatic carbocycles. The highest BCUT2D eigenvalue weighted by Gasteiger charge is 2.24. The first-order chi connectivity index (χ1) is 7.69. The minimum Gasteiger partial charge on any atom is -0.396 e. The molecule has 4 heteroatoms. The Balaban J connectivity index is 1.97. The van der Waals surface area contributed by atoms with Crippen LogP contribution in [0.5, 0.6) is 0 Å². The van der Waals surface area contributed by atoms with Crippen LogP contribution in [0.4, 0.5) is 17.3 Å². The van der Waals surface area contributed by atoms with Crippen molar-refractivity contribution in [2.45, 2.75) is 38.6 Å². The van der Waals surface area contributed by atoms with E-state index in [0.717, 1.165) is 18.2 Å². The first-order valence-electron chi connectivity index (χ1n) is 5.97. The van der Waals surface area contributed by atoms with Gasteiger partial charge in [-0.25, -0.2) is 4.98 Å². The molecule has 1 aromatic heterocycles. The summed E-state index contributed by atoms with van der Waals surface area (Å²) in [6, 6.07) is 4.19. The summed E-state index contributed by atoms with van der Waals surface area (Å²) < 4.78 is 0. The molecule has 0 bridgehead atoms. The van der Waals surface area contributed by atoms with E-state index in [1.807, 2.05) is 6.07 Å². The monoisotopic (exact) mass is 220 g/mol. The molecular formula is C12H20N4. The van der Waals surface area contributed by atoms with Crippen molar-refractivity contribution in [3.8, 4) is 0 Å². The molecule has 5 N–H and O–H groups in total. The van der Waals surface area contributed by atoms with Gasteiger partial charge in [-0.1, -0.05) is 19.8 Å². The molecule has 16 heavy (non-hydrogen) atoms. The average molecular weight is 220 g/mol. The van der Waals surface area contributed by atoms with Crippen LogP contribution < -0.4 is 16.8 Å². The quantitative estimate of drug-likeness (QED) is 0.711. The van der Waals surface area contributed by atoms with Crippen LogP contribution in [-0.4, -0.2) is 11.0 Å². The SMILES string of the molecule is CCC(CC1CC1)Nc1ccc(N)c(N)n1. The number of rotatable bonds is 5. The van der Waals surface area contributed by atoms with Crippen LogP contribution in [0, 0.1) is 5.92 Å². The molecule has 88 valence electrons. The van der Waals surface area contributed by atoms with Gasteiger partial charge in [0.25, 0.3) is 0 Å². The molecule has 1 aliphatic rings. The third kappa shape index (κ3) is 2.78. The highest BCUT2D eigenvalue weighted by molar-refractivity contribution is 5.61. The molecule has 1 aromatic rings. The van der Waals surface area contributed by atoms with Gasteiger partial charge in [-0.15, -0.1) is 0 Å². The number of anilines is 3. The van der Waals surface area contributed by atoms with Crippen molar-refractivity contribution in [2.75, 3.05) is 16.8 Å². The van der Waals surface area contributed by atoms with Crippen molar-refractivity contribution in [1.29, 1.82) is 0 Å². The second-order valence-electron chi connectivity index (χ2n) is 4.60. The number of nitrogens with two attached hydrogens (primary N) is 2. The van der Waals surface area contributed by atoms with E-state index in [4.69, 9.17) is 11.5 Å². The molecule has 0 radical (unpaired) electrons. The van der Waals surface area contributed by atoms with Gasteiger partial charge in [0.15, 0.2) is 0 Å². The van der Waals surface area contributed by atoms with E-state index in [0.29, 0.717) is 17.5 Å². The lowest BCUT2D eigenvalue weighted by molar-refractivity contribution is 0.585. The second-order valence-corrected chi connectivity index (χ2v) is 4.60. The van der Waals surface area contributed by atoms with E-state index < -0.39 is 0 Å². The summed E-state index contributed by atoms with van der Waals surface area (Å²) in [6.07, 6.45) is 5.12. The fourth-order valence-corrected chi connectivity index (χ4v) is 1.86. The highest BCUT2D eigenvalue weighted by Crippen LogP contribution is 2.34. The topological polar surface area (TPSA) is 77.0 Å². The number of pyridine rings is 1. The van der Waals surface area contributed by atoms with Gasteiger partial charge >= 0.3 is 0 Å². The van der Waals surface area contributed by atoms with Gasteiger partial charge in [0.1, 0.15) is 11.6 Å². The summed E-state index contributed by atoms with van der Waals surface area (Å²) in [4.78, 5) is 4.23. The molecule has 0 aliphatic heterocycles. The van der Waals surface area contributed by atoms with E-state index in [2.05, 4.69) is 17.2 Å². The normalized spacial score (nSPS) is 17.1. The maximum absolute atomic E-state index is 5.68. The van der Waals surface area contributed by atoms with Gasteiger partial charge in [0, 0.05) is 6.04 Å². The van der Waals surface area contributed by atoms with Crippen molar-refractivity contribution < 1.29 is 0 Å². The van der Waals surface area contributed by atoms with E-state index in [1.165, 1.54) is 19.3 Å². The number of nitrogens with one attached hydrogen (secondary N) is 1. The molecule has 0 spiro atoms. The molecule has 1 saturated carbocycles. The minimum atomic E-state index is 0.409. The van der Waals surface area contributed by atoms with Crippen molar-refractivity contribution in [1.82, 2.24) is 4.98 Å². The molecule has 1 heterocycles. The lowest BCUT2D eigenvalue weighted by Gasteiger charge is -2.17. The Morgan fingerprint density at radius 1 is 1.44 bits per heavy atom. The van der Waals surface area contributed by atoms with Crippen LogP contribution in [0.1, 0.15) is 32.6 Å². The zero-order chi connectivity index (χ0) is 11.5. The van der Waals surface area contributed by atoms with Gasteiger partial charge in [-0.2, -0.15) is 0 Å². The zero-order valence-corrected chi connectivity index (χ0v) is 9.74. The molecule has 1 fully saturated rings. The molecular weight excluding hydrogens is 200 g/mol. The third-order valence-corrected chi connectivity index (χ3v) is 3.12. The number of aromatic nitrogens is 1. The summed E-state index contributed by atoms with van der Waals surface area (Å²) in [6.45, 7) is 2.20. The smallest absolute Gasteiger partial charge is 0.149 e. The number of nitrogen functional groups attached to an aromatic ring is 2. The molecule has 0 saturated heterocycles. The first-order valence-corrected chi connectivity index (χ1v) is 5.97.